The topological polar surface area (TPSA) is 137 Å². The Kier molecular flexibility index (Phi) is 3.78. The van der Waals surface area contributed by atoms with Gasteiger partial charge in [-0.3, -0.25) is 4.79 Å². The van der Waals surface area contributed by atoms with Crippen molar-refractivity contribution in [2.24, 2.45) is 5.10 Å². The van der Waals surface area contributed by atoms with Gasteiger partial charge in [-0.15, -0.1) is 5.10 Å². The first-order valence-electron chi connectivity index (χ1n) is 6.55. The Balaban J connectivity index is 1.69. The molecule has 2 aromatic heterocycles. The van der Waals surface area contributed by atoms with Gasteiger partial charge in [-0.25, -0.2) is 10.1 Å². The molecule has 0 unspecified atom stereocenters. The zero-order valence-corrected chi connectivity index (χ0v) is 12.0. The molecule has 1 amide bonds. The highest BCUT2D eigenvalue weighted by molar-refractivity contribution is 5.93. The number of nitrogen functional groups attached to an aromatic ring is 1. The smallest absolute Gasteiger partial charge is 0.293 e. The third-order valence-electron chi connectivity index (χ3n) is 3.00. The number of hydrogen-bond donors (Lipinski definition) is 2. The Bertz CT molecular complexity index is 866. The minimum Gasteiger partial charge on any atom is -0.378 e. The van der Waals surface area contributed by atoms with Crippen molar-refractivity contribution in [1.82, 2.24) is 30.7 Å². The van der Waals surface area contributed by atoms with E-state index in [4.69, 9.17) is 5.73 Å². The Morgan fingerprint density at radius 2 is 2.22 bits per heavy atom. The highest BCUT2D eigenvalue weighted by Crippen LogP contribution is 2.09. The predicted octanol–water partition coefficient (Wildman–Crippen LogP) is 0.305. The largest absolute Gasteiger partial charge is 0.378 e. The summed E-state index contributed by atoms with van der Waals surface area (Å²) >= 11 is 0. The summed E-state index contributed by atoms with van der Waals surface area (Å²) in [4.78, 5) is 12.0. The quantitative estimate of drug-likeness (QED) is 0.522. The summed E-state index contributed by atoms with van der Waals surface area (Å²) in [5.74, 6) is -0.324. The van der Waals surface area contributed by atoms with Gasteiger partial charge in [-0.05, 0) is 28.4 Å². The summed E-state index contributed by atoms with van der Waals surface area (Å²) < 4.78 is 5.64. The number of nitrogens with one attached hydrogen (secondary N) is 1. The first kappa shape index (κ1) is 14.4. The number of nitrogens with two attached hydrogens (primary N) is 1. The minimum atomic E-state index is -0.517. The molecule has 0 fully saturated rings. The highest BCUT2D eigenvalue weighted by Gasteiger charge is 2.15. The second-order valence-electron chi connectivity index (χ2n) is 4.58. The van der Waals surface area contributed by atoms with Crippen molar-refractivity contribution in [2.45, 2.75) is 6.92 Å². The molecule has 3 aromatic rings. The maximum absolute atomic E-state index is 12.0. The molecule has 0 aliphatic carbocycles. The molecule has 0 spiro atoms. The summed E-state index contributed by atoms with van der Waals surface area (Å²) in [6, 6.07) is 7.65. The van der Waals surface area contributed by atoms with Crippen LogP contribution < -0.4 is 11.2 Å². The van der Waals surface area contributed by atoms with E-state index in [0.29, 0.717) is 0 Å². The molecule has 3 N–H and O–H groups in total. The van der Waals surface area contributed by atoms with Crippen LogP contribution in [0.5, 0.6) is 0 Å². The summed E-state index contributed by atoms with van der Waals surface area (Å²) in [5, 5.41) is 18.3. The monoisotopic (exact) mass is 312 g/mol. The molecular weight excluding hydrogens is 300 g/mol. The number of nitrogens with zero attached hydrogens (tertiary/aromatic N) is 6. The van der Waals surface area contributed by atoms with Crippen molar-refractivity contribution < 1.29 is 9.42 Å². The maximum atomic E-state index is 12.0. The number of aryl methyl sites for hydroxylation is 1. The average Bonchev–Trinajstić information content (AvgIpc) is 3.17. The van der Waals surface area contributed by atoms with E-state index < -0.39 is 5.91 Å². The molecular formula is C13H12N8O2. The van der Waals surface area contributed by atoms with Crippen LogP contribution in [0.25, 0.3) is 5.82 Å². The molecule has 0 saturated carbocycles. The molecule has 0 saturated heterocycles. The SMILES string of the molecule is Cc1ccccc1/C=N/NC(=O)c1cn(-c2nonc2N)nn1. The third kappa shape index (κ3) is 3.05. The van der Waals surface area contributed by atoms with Gasteiger partial charge in [0.1, 0.15) is 0 Å². The summed E-state index contributed by atoms with van der Waals surface area (Å²) in [5.41, 5.74) is 9.91. The standard InChI is InChI=1S/C13H12N8O2/c1-8-4-2-3-5-9(8)6-15-17-13(22)10-7-21(20-16-10)12-11(14)18-23-19-12/h2-7H,1H3,(H2,14,18)(H,17,22)/b15-6+. The Hall–Kier alpha value is -3.56. The Morgan fingerprint density at radius 3 is 2.96 bits per heavy atom. The van der Waals surface area contributed by atoms with Gasteiger partial charge in [0.15, 0.2) is 5.69 Å². The van der Waals surface area contributed by atoms with Crippen molar-refractivity contribution in [2.75, 3.05) is 5.73 Å². The Morgan fingerprint density at radius 1 is 1.39 bits per heavy atom. The van der Waals surface area contributed by atoms with Crippen LogP contribution in [0.2, 0.25) is 0 Å². The zero-order chi connectivity index (χ0) is 16.2. The molecule has 0 aliphatic rings. The maximum Gasteiger partial charge on any atom is 0.293 e. The first-order valence-corrected chi connectivity index (χ1v) is 6.55. The van der Waals surface area contributed by atoms with E-state index in [0.717, 1.165) is 11.1 Å². The molecule has 0 aliphatic heterocycles. The lowest BCUT2D eigenvalue weighted by molar-refractivity contribution is 0.0950. The van der Waals surface area contributed by atoms with E-state index in [-0.39, 0.29) is 17.3 Å². The molecule has 1 aromatic carbocycles. The number of anilines is 1. The van der Waals surface area contributed by atoms with Gasteiger partial charge in [-0.2, -0.15) is 9.78 Å². The van der Waals surface area contributed by atoms with Gasteiger partial charge in [0.2, 0.25) is 11.6 Å². The molecule has 3 rings (SSSR count). The van der Waals surface area contributed by atoms with Crippen molar-refractivity contribution in [3.05, 3.63) is 47.3 Å². The first-order chi connectivity index (χ1) is 11.1. The summed E-state index contributed by atoms with van der Waals surface area (Å²) in [6.45, 7) is 1.95. The second-order valence-corrected chi connectivity index (χ2v) is 4.58. The number of hydrogen-bond acceptors (Lipinski definition) is 8. The molecule has 0 atom stereocenters. The van der Waals surface area contributed by atoms with Gasteiger partial charge in [-0.1, -0.05) is 29.5 Å². The predicted molar refractivity (Wildman–Crippen MR) is 79.9 cm³/mol. The number of rotatable bonds is 4. The van der Waals surface area contributed by atoms with Gasteiger partial charge in [0.05, 0.1) is 12.4 Å². The van der Waals surface area contributed by atoms with Crippen LogP contribution in [0.3, 0.4) is 0 Å². The van der Waals surface area contributed by atoms with Gasteiger partial charge >= 0.3 is 0 Å². The zero-order valence-electron chi connectivity index (χ0n) is 12.0. The fraction of sp³-hybridized carbons (Fsp3) is 0.0769. The molecule has 10 heteroatoms. The van der Waals surface area contributed by atoms with Crippen LogP contribution >= 0.6 is 0 Å². The van der Waals surface area contributed by atoms with Gasteiger partial charge in [0, 0.05) is 0 Å². The van der Waals surface area contributed by atoms with Gasteiger partial charge in [0.25, 0.3) is 5.91 Å². The molecule has 2 heterocycles. The minimum absolute atomic E-state index is 0.0411. The van der Waals surface area contributed by atoms with E-state index in [2.05, 4.69) is 35.8 Å². The summed E-state index contributed by atoms with van der Waals surface area (Å²) in [6.07, 6.45) is 2.89. The lowest BCUT2D eigenvalue weighted by atomic mass is 10.1. The van der Waals surface area contributed by atoms with Crippen molar-refractivity contribution >= 4 is 17.9 Å². The van der Waals surface area contributed by atoms with E-state index in [1.807, 2.05) is 31.2 Å². The van der Waals surface area contributed by atoms with Crippen LogP contribution in [0.1, 0.15) is 21.6 Å². The van der Waals surface area contributed by atoms with Gasteiger partial charge < -0.3 is 5.73 Å². The van der Waals surface area contributed by atoms with Crippen molar-refractivity contribution in [3.8, 4) is 5.82 Å². The van der Waals surface area contributed by atoms with Crippen LogP contribution in [0.4, 0.5) is 5.82 Å². The van der Waals surface area contributed by atoms with E-state index >= 15 is 0 Å². The average molecular weight is 312 g/mol. The number of aromatic nitrogens is 5. The molecule has 116 valence electrons. The molecule has 23 heavy (non-hydrogen) atoms. The van der Waals surface area contributed by atoms with Crippen molar-refractivity contribution in [3.63, 3.8) is 0 Å². The molecule has 0 radical (unpaired) electrons. The number of benzene rings is 1. The fourth-order valence-electron chi connectivity index (χ4n) is 1.77. The lowest BCUT2D eigenvalue weighted by Gasteiger charge is -1.98. The number of amides is 1. The number of carbonyl (C=O) groups excluding carboxylic acids is 1. The fourth-order valence-corrected chi connectivity index (χ4v) is 1.77. The molecule has 10 nitrogen and oxygen atoms in total. The van der Waals surface area contributed by atoms with Crippen LogP contribution in [0, 0.1) is 6.92 Å². The normalized spacial score (nSPS) is 11.0. The van der Waals surface area contributed by atoms with E-state index in [1.165, 1.54) is 10.9 Å². The Labute approximate surface area is 129 Å². The van der Waals surface area contributed by atoms with Crippen molar-refractivity contribution in [1.29, 1.82) is 0 Å². The van der Waals surface area contributed by atoms with E-state index in [9.17, 15) is 4.79 Å². The highest BCUT2D eigenvalue weighted by atomic mass is 16.6. The lowest BCUT2D eigenvalue weighted by Crippen LogP contribution is -2.18. The number of carbonyl (C=O) groups is 1. The van der Waals surface area contributed by atoms with E-state index in [1.54, 1.807) is 6.21 Å². The van der Waals surface area contributed by atoms with Crippen LogP contribution in [-0.4, -0.2) is 37.4 Å². The number of hydrazone groups is 1. The molecule has 0 bridgehead atoms. The van der Waals surface area contributed by atoms with Crippen LogP contribution in [-0.2, 0) is 0 Å². The summed E-state index contributed by atoms with van der Waals surface area (Å²) in [7, 11) is 0. The second kappa shape index (κ2) is 6.05. The third-order valence-corrected chi connectivity index (χ3v) is 3.00. The van der Waals surface area contributed by atoms with Crippen LogP contribution in [0.15, 0.2) is 40.2 Å².